The Morgan fingerprint density at radius 1 is 1.33 bits per heavy atom. The molecule has 0 saturated heterocycles. The van der Waals surface area contributed by atoms with Crippen LogP contribution in [0.5, 0.6) is 0 Å². The van der Waals surface area contributed by atoms with Crippen LogP contribution in [0.3, 0.4) is 0 Å². The molecule has 2 aromatic rings. The lowest BCUT2D eigenvalue weighted by Gasteiger charge is -2.17. The molecule has 0 radical (unpaired) electrons. The molecule has 2 aromatic heterocycles. The van der Waals surface area contributed by atoms with E-state index in [0.29, 0.717) is 6.54 Å². The molecule has 1 unspecified atom stereocenters. The third-order valence-electron chi connectivity index (χ3n) is 3.76. The van der Waals surface area contributed by atoms with Crippen molar-refractivity contribution in [3.8, 4) is 11.1 Å². The van der Waals surface area contributed by atoms with Gasteiger partial charge in [0.2, 0.25) is 5.91 Å². The summed E-state index contributed by atoms with van der Waals surface area (Å²) < 4.78 is 0. The van der Waals surface area contributed by atoms with Gasteiger partial charge in [0, 0.05) is 30.4 Å². The maximum atomic E-state index is 12.1. The Kier molecular flexibility index (Phi) is 4.46. The Hall–Kier alpha value is -1.94. The second kappa shape index (κ2) is 6.68. The number of hydrogen-bond donors (Lipinski definition) is 1. The molecule has 0 aliphatic heterocycles. The van der Waals surface area contributed by atoms with Crippen molar-refractivity contribution in [3.63, 3.8) is 0 Å². The molecular weight excluding hydrogens is 280 g/mol. The largest absolute Gasteiger partial charge is 0.352 e. The molecule has 0 saturated carbocycles. The number of rotatable bonds is 4. The zero-order valence-corrected chi connectivity index (χ0v) is 12.6. The van der Waals surface area contributed by atoms with Crippen molar-refractivity contribution in [1.82, 2.24) is 10.3 Å². The average Bonchev–Trinajstić information content (AvgIpc) is 3.08. The Labute approximate surface area is 128 Å². The van der Waals surface area contributed by atoms with Crippen LogP contribution in [0.25, 0.3) is 11.1 Å². The van der Waals surface area contributed by atoms with E-state index in [4.69, 9.17) is 0 Å². The first-order valence-corrected chi connectivity index (χ1v) is 8.16. The molecule has 4 heteroatoms. The fraction of sp³-hybridized carbons (Fsp3) is 0.294. The van der Waals surface area contributed by atoms with Gasteiger partial charge in [-0.15, -0.1) is 0 Å². The number of nitrogens with zero attached hydrogens (tertiary/aromatic N) is 1. The van der Waals surface area contributed by atoms with E-state index in [9.17, 15) is 4.79 Å². The predicted molar refractivity (Wildman–Crippen MR) is 85.9 cm³/mol. The van der Waals surface area contributed by atoms with Gasteiger partial charge in [-0.3, -0.25) is 9.78 Å². The van der Waals surface area contributed by atoms with Gasteiger partial charge >= 0.3 is 0 Å². The summed E-state index contributed by atoms with van der Waals surface area (Å²) in [6, 6.07) is 4.18. The quantitative estimate of drug-likeness (QED) is 0.873. The summed E-state index contributed by atoms with van der Waals surface area (Å²) in [5.74, 6) is 0.281. The summed E-state index contributed by atoms with van der Waals surface area (Å²) in [5, 5.41) is 7.19. The Morgan fingerprint density at radius 2 is 2.29 bits per heavy atom. The van der Waals surface area contributed by atoms with Gasteiger partial charge in [-0.1, -0.05) is 12.2 Å². The highest BCUT2D eigenvalue weighted by Gasteiger charge is 2.18. The molecule has 0 bridgehead atoms. The van der Waals surface area contributed by atoms with E-state index in [2.05, 4.69) is 45.3 Å². The molecule has 0 aromatic carbocycles. The molecule has 1 atom stereocenters. The van der Waals surface area contributed by atoms with E-state index in [1.807, 2.05) is 12.4 Å². The van der Waals surface area contributed by atoms with E-state index in [0.717, 1.165) is 30.4 Å². The number of amides is 1. The molecule has 0 spiro atoms. The third kappa shape index (κ3) is 3.58. The fourth-order valence-electron chi connectivity index (χ4n) is 2.54. The molecule has 21 heavy (non-hydrogen) atoms. The molecule has 1 aliphatic rings. The minimum absolute atomic E-state index is 0.128. The van der Waals surface area contributed by atoms with Crippen LogP contribution in [-0.4, -0.2) is 10.9 Å². The zero-order valence-electron chi connectivity index (χ0n) is 11.8. The topological polar surface area (TPSA) is 42.0 Å². The standard InChI is InChI=1S/C17H18N2OS/c20-17(14-4-2-1-3-5-14)19-10-13-8-16(11-18-9-13)15-6-7-21-12-15/h1-2,6-9,11-12,14H,3-5,10H2,(H,19,20). The van der Waals surface area contributed by atoms with Gasteiger partial charge in [-0.2, -0.15) is 11.3 Å². The van der Waals surface area contributed by atoms with Crippen LogP contribution in [0.15, 0.2) is 47.4 Å². The van der Waals surface area contributed by atoms with Crippen LogP contribution in [0.4, 0.5) is 0 Å². The lowest BCUT2D eigenvalue weighted by molar-refractivity contribution is -0.125. The van der Waals surface area contributed by atoms with Gasteiger partial charge < -0.3 is 5.32 Å². The number of nitrogens with one attached hydrogen (secondary N) is 1. The number of pyridine rings is 1. The Balaban J connectivity index is 1.61. The van der Waals surface area contributed by atoms with E-state index < -0.39 is 0 Å². The molecule has 3 rings (SSSR count). The van der Waals surface area contributed by atoms with Crippen molar-refractivity contribution in [3.05, 3.63) is 53.0 Å². The second-order valence-corrected chi connectivity index (χ2v) is 6.07. The fourth-order valence-corrected chi connectivity index (χ4v) is 3.20. The SMILES string of the molecule is O=C(NCc1cncc(-c2ccsc2)c1)C1CC=CCC1. The van der Waals surface area contributed by atoms with Crippen LogP contribution >= 0.6 is 11.3 Å². The maximum absolute atomic E-state index is 12.1. The van der Waals surface area contributed by atoms with Gasteiger partial charge in [0.25, 0.3) is 0 Å². The van der Waals surface area contributed by atoms with Crippen LogP contribution in [0.2, 0.25) is 0 Å². The molecule has 1 aliphatic carbocycles. The normalized spacial score (nSPS) is 17.6. The van der Waals surface area contributed by atoms with Gasteiger partial charge in [-0.25, -0.2) is 0 Å². The highest BCUT2D eigenvalue weighted by Crippen LogP contribution is 2.22. The van der Waals surface area contributed by atoms with Gasteiger partial charge in [0.05, 0.1) is 0 Å². The minimum Gasteiger partial charge on any atom is -0.352 e. The van der Waals surface area contributed by atoms with Crippen molar-refractivity contribution >= 4 is 17.2 Å². The summed E-state index contributed by atoms with van der Waals surface area (Å²) in [5.41, 5.74) is 3.32. The maximum Gasteiger partial charge on any atom is 0.223 e. The summed E-state index contributed by atoms with van der Waals surface area (Å²) in [4.78, 5) is 16.4. The van der Waals surface area contributed by atoms with Crippen molar-refractivity contribution in [2.75, 3.05) is 0 Å². The zero-order chi connectivity index (χ0) is 14.5. The summed E-state index contributed by atoms with van der Waals surface area (Å²) in [7, 11) is 0. The van der Waals surface area contributed by atoms with Crippen LogP contribution in [0, 0.1) is 5.92 Å². The first-order chi connectivity index (χ1) is 10.3. The monoisotopic (exact) mass is 298 g/mol. The summed E-state index contributed by atoms with van der Waals surface area (Å²) in [6.07, 6.45) is 10.8. The smallest absolute Gasteiger partial charge is 0.223 e. The molecule has 2 heterocycles. The van der Waals surface area contributed by atoms with E-state index in [1.165, 1.54) is 5.56 Å². The van der Waals surface area contributed by atoms with Crippen molar-refractivity contribution < 1.29 is 4.79 Å². The van der Waals surface area contributed by atoms with Crippen molar-refractivity contribution in [2.24, 2.45) is 5.92 Å². The molecule has 3 nitrogen and oxygen atoms in total. The molecular formula is C17H18N2OS. The highest BCUT2D eigenvalue weighted by atomic mass is 32.1. The number of carbonyl (C=O) groups excluding carboxylic acids is 1. The second-order valence-electron chi connectivity index (χ2n) is 5.29. The van der Waals surface area contributed by atoms with Gasteiger partial charge in [0.1, 0.15) is 0 Å². The molecule has 108 valence electrons. The van der Waals surface area contributed by atoms with E-state index in [1.54, 1.807) is 11.3 Å². The molecule has 1 amide bonds. The van der Waals surface area contributed by atoms with Crippen LogP contribution in [-0.2, 0) is 11.3 Å². The number of carbonyl (C=O) groups is 1. The average molecular weight is 298 g/mol. The van der Waals surface area contributed by atoms with Crippen LogP contribution < -0.4 is 5.32 Å². The van der Waals surface area contributed by atoms with Gasteiger partial charge in [-0.05, 0) is 53.3 Å². The summed E-state index contributed by atoms with van der Waals surface area (Å²) >= 11 is 1.67. The van der Waals surface area contributed by atoms with Gasteiger partial charge in [0.15, 0.2) is 0 Å². The van der Waals surface area contributed by atoms with E-state index >= 15 is 0 Å². The molecule has 1 N–H and O–H groups in total. The van der Waals surface area contributed by atoms with E-state index in [-0.39, 0.29) is 11.8 Å². The lowest BCUT2D eigenvalue weighted by Crippen LogP contribution is -2.30. The Morgan fingerprint density at radius 3 is 3.05 bits per heavy atom. The lowest BCUT2D eigenvalue weighted by atomic mass is 9.93. The first-order valence-electron chi connectivity index (χ1n) is 7.22. The first kappa shape index (κ1) is 14.0. The predicted octanol–water partition coefficient (Wildman–Crippen LogP) is 3.78. The Bertz CT molecular complexity index is 634. The summed E-state index contributed by atoms with van der Waals surface area (Å²) in [6.45, 7) is 0.546. The number of hydrogen-bond acceptors (Lipinski definition) is 3. The number of allylic oxidation sites excluding steroid dienone is 2. The number of aromatic nitrogens is 1. The van der Waals surface area contributed by atoms with Crippen LogP contribution in [0.1, 0.15) is 24.8 Å². The van der Waals surface area contributed by atoms with Crippen molar-refractivity contribution in [1.29, 1.82) is 0 Å². The number of thiophene rings is 1. The highest BCUT2D eigenvalue weighted by molar-refractivity contribution is 7.08. The molecule has 0 fully saturated rings. The minimum atomic E-state index is 0.128. The third-order valence-corrected chi connectivity index (χ3v) is 4.44. The van der Waals surface area contributed by atoms with Crippen molar-refractivity contribution in [2.45, 2.75) is 25.8 Å².